The summed E-state index contributed by atoms with van der Waals surface area (Å²) in [5, 5.41) is 19.5. The van der Waals surface area contributed by atoms with Gasteiger partial charge < -0.3 is 24.6 Å². The van der Waals surface area contributed by atoms with Crippen LogP contribution in [0, 0.1) is 11.8 Å². The van der Waals surface area contributed by atoms with Gasteiger partial charge in [0.2, 0.25) is 0 Å². The van der Waals surface area contributed by atoms with Crippen LogP contribution < -0.4 is 9.47 Å². The van der Waals surface area contributed by atoms with Gasteiger partial charge in [-0.05, 0) is 30.7 Å². The van der Waals surface area contributed by atoms with E-state index in [2.05, 4.69) is 15.9 Å². The quantitative estimate of drug-likeness (QED) is 0.758. The summed E-state index contributed by atoms with van der Waals surface area (Å²) in [5.41, 5.74) is 1.15. The van der Waals surface area contributed by atoms with Crippen LogP contribution in [0.2, 0.25) is 0 Å². The van der Waals surface area contributed by atoms with Crippen LogP contribution in [0.15, 0.2) is 18.2 Å². The van der Waals surface area contributed by atoms with Crippen molar-refractivity contribution in [3.05, 3.63) is 23.8 Å². The van der Waals surface area contributed by atoms with E-state index in [1.165, 1.54) is 0 Å². The van der Waals surface area contributed by atoms with Crippen LogP contribution in [-0.4, -0.2) is 79.7 Å². The van der Waals surface area contributed by atoms with Gasteiger partial charge in [-0.3, -0.25) is 4.90 Å². The van der Waals surface area contributed by atoms with Crippen LogP contribution in [0.3, 0.4) is 0 Å². The molecule has 2 atom stereocenters. The lowest BCUT2D eigenvalue weighted by atomic mass is 9.95. The van der Waals surface area contributed by atoms with Crippen molar-refractivity contribution in [3.63, 3.8) is 0 Å². The topological polar surface area (TPSA) is 65.4 Å². The molecule has 2 heterocycles. The van der Waals surface area contributed by atoms with E-state index in [0.29, 0.717) is 11.8 Å². The molecule has 0 aliphatic carbocycles. The van der Waals surface area contributed by atoms with Crippen molar-refractivity contribution in [2.75, 3.05) is 53.6 Å². The lowest BCUT2D eigenvalue weighted by Gasteiger charge is -2.32. The normalized spacial score (nSPS) is 25.5. The number of likely N-dealkylation sites (tertiary alicyclic amines) is 2. The fraction of sp³-hybridized carbons (Fsp3) is 0.700. The Bertz CT molecular complexity index is 575. The van der Waals surface area contributed by atoms with Crippen LogP contribution in [0.25, 0.3) is 0 Å². The van der Waals surface area contributed by atoms with E-state index in [1.54, 1.807) is 14.2 Å². The zero-order chi connectivity index (χ0) is 18.5. The molecule has 6 heteroatoms. The summed E-state index contributed by atoms with van der Waals surface area (Å²) in [7, 11) is 3.34. The fourth-order valence-corrected chi connectivity index (χ4v) is 4.24. The lowest BCUT2D eigenvalue weighted by molar-refractivity contribution is 0.0684. The zero-order valence-corrected chi connectivity index (χ0v) is 15.9. The Hall–Kier alpha value is -1.34. The molecule has 26 heavy (non-hydrogen) atoms. The van der Waals surface area contributed by atoms with Crippen molar-refractivity contribution in [2.45, 2.75) is 25.5 Å². The van der Waals surface area contributed by atoms with E-state index in [-0.39, 0.29) is 12.7 Å². The first-order chi connectivity index (χ1) is 12.6. The third-order valence-corrected chi connectivity index (χ3v) is 5.82. The number of hydrogen-bond acceptors (Lipinski definition) is 6. The van der Waals surface area contributed by atoms with Gasteiger partial charge in [-0.25, -0.2) is 0 Å². The van der Waals surface area contributed by atoms with E-state index in [9.17, 15) is 10.2 Å². The molecule has 0 amide bonds. The van der Waals surface area contributed by atoms with E-state index in [4.69, 9.17) is 9.47 Å². The van der Waals surface area contributed by atoms with Gasteiger partial charge in [-0.1, -0.05) is 6.07 Å². The number of ether oxygens (including phenoxy) is 2. The Morgan fingerprint density at radius 3 is 2.42 bits per heavy atom. The molecule has 0 radical (unpaired) electrons. The third-order valence-electron chi connectivity index (χ3n) is 5.82. The molecule has 0 spiro atoms. The van der Waals surface area contributed by atoms with E-state index < -0.39 is 0 Å². The van der Waals surface area contributed by atoms with Crippen LogP contribution in [-0.2, 0) is 6.54 Å². The van der Waals surface area contributed by atoms with Gasteiger partial charge in [0.1, 0.15) is 11.5 Å². The molecule has 2 aliphatic heterocycles. The molecule has 1 aromatic carbocycles. The Kier molecular flexibility index (Phi) is 6.75. The maximum atomic E-state index is 9.83. The molecule has 0 aromatic heterocycles. The summed E-state index contributed by atoms with van der Waals surface area (Å²) in [6.07, 6.45) is 1.59. The first-order valence-corrected chi connectivity index (χ1v) is 9.57. The Morgan fingerprint density at radius 2 is 1.77 bits per heavy atom. The molecule has 2 fully saturated rings. The molecule has 1 aromatic rings. The van der Waals surface area contributed by atoms with Crippen LogP contribution in [0.1, 0.15) is 18.4 Å². The predicted molar refractivity (Wildman–Crippen MR) is 101 cm³/mol. The standard InChI is InChI=1S/C20H32N2O4/c1-25-19-4-3-15(20(9-19)26-2)10-22-12-16(17(13-22)14-23)11-21-7-5-18(24)6-8-21/h3-4,9,16-18,23-24H,5-8,10-14H2,1-2H3/t16-,17-/m1/s1. The smallest absolute Gasteiger partial charge is 0.127 e. The Labute approximate surface area is 156 Å². The number of benzene rings is 1. The van der Waals surface area contributed by atoms with E-state index >= 15 is 0 Å². The van der Waals surface area contributed by atoms with Gasteiger partial charge >= 0.3 is 0 Å². The van der Waals surface area contributed by atoms with Crippen molar-refractivity contribution in [1.29, 1.82) is 0 Å². The predicted octanol–water partition coefficient (Wildman–Crippen LogP) is 1.20. The maximum Gasteiger partial charge on any atom is 0.127 e. The van der Waals surface area contributed by atoms with Crippen molar-refractivity contribution in [1.82, 2.24) is 9.80 Å². The molecular weight excluding hydrogens is 332 g/mol. The molecule has 0 saturated carbocycles. The van der Waals surface area contributed by atoms with E-state index in [1.807, 2.05) is 12.1 Å². The second-order valence-electron chi connectivity index (χ2n) is 7.61. The average molecular weight is 364 g/mol. The van der Waals surface area contributed by atoms with Crippen molar-refractivity contribution in [2.24, 2.45) is 11.8 Å². The lowest BCUT2D eigenvalue weighted by Crippen LogP contribution is -2.40. The number of rotatable bonds is 7. The van der Waals surface area contributed by atoms with Crippen molar-refractivity contribution in [3.8, 4) is 11.5 Å². The second kappa shape index (κ2) is 9.04. The highest BCUT2D eigenvalue weighted by Gasteiger charge is 2.34. The SMILES string of the molecule is COc1ccc(CN2C[C@@H](CN3CCC(O)CC3)[C@@H](CO)C2)c(OC)c1. The molecule has 0 unspecified atom stereocenters. The molecule has 3 rings (SSSR count). The van der Waals surface area contributed by atoms with Crippen molar-refractivity contribution < 1.29 is 19.7 Å². The summed E-state index contributed by atoms with van der Waals surface area (Å²) in [6.45, 7) is 5.88. The molecule has 2 saturated heterocycles. The number of aliphatic hydroxyl groups excluding tert-OH is 2. The molecule has 6 nitrogen and oxygen atoms in total. The second-order valence-corrected chi connectivity index (χ2v) is 7.61. The van der Waals surface area contributed by atoms with Gasteiger partial charge in [0.15, 0.2) is 0 Å². The molecular formula is C20H32N2O4. The minimum atomic E-state index is -0.137. The highest BCUT2D eigenvalue weighted by atomic mass is 16.5. The van der Waals surface area contributed by atoms with Gasteiger partial charge in [0.25, 0.3) is 0 Å². The summed E-state index contributed by atoms with van der Waals surface area (Å²) in [4.78, 5) is 4.85. The van der Waals surface area contributed by atoms with E-state index in [0.717, 1.165) is 69.2 Å². The monoisotopic (exact) mass is 364 g/mol. The fourth-order valence-electron chi connectivity index (χ4n) is 4.24. The van der Waals surface area contributed by atoms with Crippen LogP contribution in [0.4, 0.5) is 0 Å². The van der Waals surface area contributed by atoms with Gasteiger partial charge in [0, 0.05) is 57.5 Å². The zero-order valence-electron chi connectivity index (χ0n) is 15.9. The van der Waals surface area contributed by atoms with Crippen LogP contribution >= 0.6 is 0 Å². The molecule has 2 aliphatic rings. The largest absolute Gasteiger partial charge is 0.497 e. The first kappa shape index (κ1) is 19.4. The summed E-state index contributed by atoms with van der Waals surface area (Å²) in [5.74, 6) is 2.43. The number of aliphatic hydroxyl groups is 2. The third kappa shape index (κ3) is 4.68. The molecule has 0 bridgehead atoms. The molecule has 2 N–H and O–H groups in total. The summed E-state index contributed by atoms with van der Waals surface area (Å²) in [6, 6.07) is 5.95. The van der Waals surface area contributed by atoms with Crippen LogP contribution in [0.5, 0.6) is 11.5 Å². The Morgan fingerprint density at radius 1 is 1.04 bits per heavy atom. The number of piperidine rings is 1. The highest BCUT2D eigenvalue weighted by Crippen LogP contribution is 2.30. The summed E-state index contributed by atoms with van der Waals surface area (Å²) >= 11 is 0. The minimum Gasteiger partial charge on any atom is -0.497 e. The average Bonchev–Trinajstić information content (AvgIpc) is 3.05. The number of hydrogen-bond donors (Lipinski definition) is 2. The highest BCUT2D eigenvalue weighted by molar-refractivity contribution is 5.40. The number of methoxy groups -OCH3 is 2. The Balaban J connectivity index is 1.60. The first-order valence-electron chi connectivity index (χ1n) is 9.57. The van der Waals surface area contributed by atoms with Crippen molar-refractivity contribution >= 4 is 0 Å². The van der Waals surface area contributed by atoms with Gasteiger partial charge in [-0.2, -0.15) is 0 Å². The van der Waals surface area contributed by atoms with Gasteiger partial charge in [0.05, 0.1) is 20.3 Å². The maximum absolute atomic E-state index is 9.83. The van der Waals surface area contributed by atoms with Gasteiger partial charge in [-0.15, -0.1) is 0 Å². The number of nitrogens with zero attached hydrogens (tertiary/aromatic N) is 2. The summed E-state index contributed by atoms with van der Waals surface area (Å²) < 4.78 is 10.8. The minimum absolute atomic E-state index is 0.137. The molecule has 146 valence electrons.